The van der Waals surface area contributed by atoms with Crippen molar-refractivity contribution < 1.29 is 4.74 Å². The largest absolute Gasteiger partial charge is 0.375 e. The van der Waals surface area contributed by atoms with E-state index in [2.05, 4.69) is 13.8 Å². The number of ether oxygens (including phenoxy) is 1. The third kappa shape index (κ3) is 0.778. The van der Waals surface area contributed by atoms with E-state index in [4.69, 9.17) is 4.74 Å². The van der Waals surface area contributed by atoms with E-state index in [1.165, 1.54) is 6.42 Å². The highest BCUT2D eigenvalue weighted by Gasteiger charge is 2.30. The molecule has 0 N–H and O–H groups in total. The topological polar surface area (TPSA) is 9.23 Å². The van der Waals surface area contributed by atoms with Crippen molar-refractivity contribution in [1.82, 2.24) is 0 Å². The van der Waals surface area contributed by atoms with E-state index in [0.29, 0.717) is 0 Å². The Kier molecular flexibility index (Phi) is 1.08. The molecular formula is C6H12O. The van der Waals surface area contributed by atoms with Gasteiger partial charge in [-0.3, -0.25) is 0 Å². The molecule has 42 valence electrons. The minimum Gasteiger partial charge on any atom is -0.375 e. The molecule has 0 aromatic rings. The van der Waals surface area contributed by atoms with Gasteiger partial charge in [0.25, 0.3) is 0 Å². The Labute approximate surface area is 44.7 Å². The van der Waals surface area contributed by atoms with Crippen LogP contribution >= 0.6 is 0 Å². The minimum atomic E-state index is 0.264. The quantitative estimate of drug-likeness (QED) is 0.486. The van der Waals surface area contributed by atoms with Gasteiger partial charge in [-0.25, -0.2) is 0 Å². The highest BCUT2D eigenvalue weighted by atomic mass is 16.5. The van der Waals surface area contributed by atoms with Crippen LogP contribution in [0.2, 0.25) is 0 Å². The average Bonchev–Trinajstić information content (AvgIpc) is 1.61. The Morgan fingerprint density at radius 1 is 1.71 bits per heavy atom. The van der Waals surface area contributed by atoms with Crippen molar-refractivity contribution in [2.45, 2.75) is 32.3 Å². The fraction of sp³-hybridized carbons (Fsp3) is 1.00. The third-order valence-corrected chi connectivity index (χ3v) is 1.83. The summed E-state index contributed by atoms with van der Waals surface area (Å²) in [7, 11) is 0. The zero-order chi connectivity index (χ0) is 5.33. The zero-order valence-electron chi connectivity index (χ0n) is 5.03. The van der Waals surface area contributed by atoms with Gasteiger partial charge in [-0.15, -0.1) is 0 Å². The molecule has 0 aromatic carbocycles. The molecule has 1 rings (SSSR count). The van der Waals surface area contributed by atoms with Crippen LogP contribution < -0.4 is 0 Å². The van der Waals surface area contributed by atoms with Crippen molar-refractivity contribution in [2.75, 3.05) is 6.61 Å². The number of hydrogen-bond donors (Lipinski definition) is 0. The Morgan fingerprint density at radius 3 is 2.29 bits per heavy atom. The summed E-state index contributed by atoms with van der Waals surface area (Å²) in [6.45, 7) is 5.31. The molecule has 7 heavy (non-hydrogen) atoms. The van der Waals surface area contributed by atoms with Crippen molar-refractivity contribution >= 4 is 0 Å². The van der Waals surface area contributed by atoms with Gasteiger partial charge in [-0.2, -0.15) is 0 Å². The van der Waals surface area contributed by atoms with Crippen molar-refractivity contribution in [3.63, 3.8) is 0 Å². The van der Waals surface area contributed by atoms with Crippen LogP contribution in [-0.4, -0.2) is 12.2 Å². The standard InChI is InChI=1S/C6H12O/c1-3-6(2)4-5-7-6/h3-5H2,1-2H3. The summed E-state index contributed by atoms with van der Waals surface area (Å²) in [5.74, 6) is 0. The lowest BCUT2D eigenvalue weighted by Gasteiger charge is -2.37. The van der Waals surface area contributed by atoms with Crippen molar-refractivity contribution in [1.29, 1.82) is 0 Å². The summed E-state index contributed by atoms with van der Waals surface area (Å²) in [5, 5.41) is 0. The van der Waals surface area contributed by atoms with Crippen LogP contribution in [0.3, 0.4) is 0 Å². The molecule has 1 saturated heterocycles. The van der Waals surface area contributed by atoms with Crippen LogP contribution in [0.4, 0.5) is 0 Å². The van der Waals surface area contributed by atoms with Gasteiger partial charge in [-0.1, -0.05) is 6.92 Å². The predicted molar refractivity (Wildman–Crippen MR) is 29.3 cm³/mol. The van der Waals surface area contributed by atoms with Gasteiger partial charge in [0.15, 0.2) is 0 Å². The Bertz CT molecular complexity index is 59.1. The summed E-state index contributed by atoms with van der Waals surface area (Å²) in [6.07, 6.45) is 2.41. The number of hydrogen-bond acceptors (Lipinski definition) is 1. The predicted octanol–water partition coefficient (Wildman–Crippen LogP) is 1.58. The molecular weight excluding hydrogens is 88.1 g/mol. The SMILES string of the molecule is CCC1(C)CCO1. The zero-order valence-corrected chi connectivity index (χ0v) is 5.03. The monoisotopic (exact) mass is 100 g/mol. The van der Waals surface area contributed by atoms with Crippen LogP contribution in [-0.2, 0) is 4.74 Å². The lowest BCUT2D eigenvalue weighted by molar-refractivity contribution is -0.135. The second kappa shape index (κ2) is 1.48. The lowest BCUT2D eigenvalue weighted by atomic mass is 9.95. The smallest absolute Gasteiger partial charge is 0.0673 e. The van der Waals surface area contributed by atoms with Crippen molar-refractivity contribution in [2.24, 2.45) is 0 Å². The first-order valence-corrected chi connectivity index (χ1v) is 2.91. The molecule has 0 radical (unpaired) electrons. The Balaban J connectivity index is 2.29. The van der Waals surface area contributed by atoms with E-state index in [-0.39, 0.29) is 5.60 Å². The highest BCUT2D eigenvalue weighted by molar-refractivity contribution is 4.79. The van der Waals surface area contributed by atoms with E-state index in [1.807, 2.05) is 0 Å². The maximum absolute atomic E-state index is 5.27. The van der Waals surface area contributed by atoms with E-state index in [0.717, 1.165) is 13.0 Å². The van der Waals surface area contributed by atoms with Gasteiger partial charge < -0.3 is 4.74 Å². The van der Waals surface area contributed by atoms with Crippen molar-refractivity contribution in [3.8, 4) is 0 Å². The third-order valence-electron chi connectivity index (χ3n) is 1.83. The summed E-state index contributed by atoms with van der Waals surface area (Å²) >= 11 is 0. The summed E-state index contributed by atoms with van der Waals surface area (Å²) in [4.78, 5) is 0. The molecule has 1 fully saturated rings. The summed E-state index contributed by atoms with van der Waals surface area (Å²) < 4.78 is 5.27. The minimum absolute atomic E-state index is 0.264. The Hall–Kier alpha value is -0.0400. The molecule has 0 amide bonds. The van der Waals surface area contributed by atoms with Gasteiger partial charge in [0.2, 0.25) is 0 Å². The second-order valence-electron chi connectivity index (χ2n) is 2.40. The van der Waals surface area contributed by atoms with Crippen LogP contribution in [0.5, 0.6) is 0 Å². The molecule has 1 atom stereocenters. The molecule has 1 heterocycles. The maximum Gasteiger partial charge on any atom is 0.0673 e. The van der Waals surface area contributed by atoms with Gasteiger partial charge in [0.1, 0.15) is 0 Å². The highest BCUT2D eigenvalue weighted by Crippen LogP contribution is 2.28. The first-order chi connectivity index (χ1) is 3.27. The molecule has 0 saturated carbocycles. The molecule has 1 aliphatic heterocycles. The fourth-order valence-corrected chi connectivity index (χ4v) is 0.729. The van der Waals surface area contributed by atoms with Crippen LogP contribution in [0.1, 0.15) is 26.7 Å². The van der Waals surface area contributed by atoms with Gasteiger partial charge >= 0.3 is 0 Å². The molecule has 0 aliphatic carbocycles. The van der Waals surface area contributed by atoms with Gasteiger partial charge in [0, 0.05) is 0 Å². The molecule has 1 aliphatic rings. The molecule has 1 nitrogen and oxygen atoms in total. The molecule has 0 bridgehead atoms. The molecule has 0 spiro atoms. The Morgan fingerprint density at radius 2 is 2.29 bits per heavy atom. The summed E-state index contributed by atoms with van der Waals surface area (Å²) in [5.41, 5.74) is 0.264. The molecule has 1 unspecified atom stereocenters. The van der Waals surface area contributed by atoms with Crippen molar-refractivity contribution in [3.05, 3.63) is 0 Å². The lowest BCUT2D eigenvalue weighted by Crippen LogP contribution is -2.39. The number of rotatable bonds is 1. The van der Waals surface area contributed by atoms with E-state index in [1.54, 1.807) is 0 Å². The molecule has 1 heteroatoms. The first-order valence-electron chi connectivity index (χ1n) is 2.91. The first kappa shape index (κ1) is 5.10. The maximum atomic E-state index is 5.27. The summed E-state index contributed by atoms with van der Waals surface area (Å²) in [6, 6.07) is 0. The van der Waals surface area contributed by atoms with E-state index >= 15 is 0 Å². The van der Waals surface area contributed by atoms with Gasteiger partial charge in [0.05, 0.1) is 12.2 Å². The molecule has 0 aromatic heterocycles. The van der Waals surface area contributed by atoms with E-state index < -0.39 is 0 Å². The second-order valence-corrected chi connectivity index (χ2v) is 2.40. The van der Waals surface area contributed by atoms with Crippen LogP contribution in [0.25, 0.3) is 0 Å². The van der Waals surface area contributed by atoms with E-state index in [9.17, 15) is 0 Å². The van der Waals surface area contributed by atoms with Crippen LogP contribution in [0.15, 0.2) is 0 Å². The van der Waals surface area contributed by atoms with Gasteiger partial charge in [-0.05, 0) is 19.8 Å². The normalized spacial score (nSPS) is 40.3. The average molecular weight is 100 g/mol. The fourth-order valence-electron chi connectivity index (χ4n) is 0.729. The van der Waals surface area contributed by atoms with Crippen LogP contribution in [0, 0.1) is 0 Å².